The molecule has 24 heavy (non-hydrogen) atoms. The largest absolute Gasteiger partial charge is 0.375 e. The van der Waals surface area contributed by atoms with Crippen molar-refractivity contribution in [3.05, 3.63) is 23.9 Å². The molecule has 0 spiro atoms. The van der Waals surface area contributed by atoms with Crippen LogP contribution in [0.15, 0.2) is 18.3 Å². The Morgan fingerprint density at radius 2 is 2.04 bits per heavy atom. The molecule has 2 saturated heterocycles. The highest BCUT2D eigenvalue weighted by Gasteiger charge is 2.29. The molecule has 0 saturated carbocycles. The summed E-state index contributed by atoms with van der Waals surface area (Å²) in [6.45, 7) is 9.24. The Hall–Kier alpha value is -1.62. The maximum Gasteiger partial charge on any atom is 0.253 e. The summed E-state index contributed by atoms with van der Waals surface area (Å²) in [5.74, 6) is 1.74. The summed E-state index contributed by atoms with van der Waals surface area (Å²) < 4.78 is 5.70. The van der Waals surface area contributed by atoms with Crippen molar-refractivity contribution >= 4 is 11.7 Å². The van der Waals surface area contributed by atoms with E-state index in [1.165, 1.54) is 12.8 Å². The molecule has 5 heteroatoms. The van der Waals surface area contributed by atoms with Crippen LogP contribution in [-0.2, 0) is 4.74 Å². The molecule has 5 nitrogen and oxygen atoms in total. The van der Waals surface area contributed by atoms with E-state index in [0.717, 1.165) is 37.7 Å². The molecule has 0 aromatic carbocycles. The zero-order valence-corrected chi connectivity index (χ0v) is 15.0. The molecule has 2 aliphatic heterocycles. The first-order valence-corrected chi connectivity index (χ1v) is 9.09. The monoisotopic (exact) mass is 331 g/mol. The van der Waals surface area contributed by atoms with E-state index in [1.54, 1.807) is 6.20 Å². The number of hydrogen-bond donors (Lipinski definition) is 1. The standard InChI is InChI=1S/C19H29N3O2/c1-14-6-9-22(10-7-14)17-5-4-15(13-20-17)18(23)21-16-8-11-24-19(2,3)12-16/h4-5,13-14,16H,6-12H2,1-3H3,(H,21,23). The molecule has 1 aromatic rings. The minimum Gasteiger partial charge on any atom is -0.375 e. The van der Waals surface area contributed by atoms with Crippen molar-refractivity contribution in [2.75, 3.05) is 24.6 Å². The fraction of sp³-hybridized carbons (Fsp3) is 0.684. The van der Waals surface area contributed by atoms with Gasteiger partial charge in [-0.15, -0.1) is 0 Å². The third-order valence-corrected chi connectivity index (χ3v) is 5.15. The van der Waals surface area contributed by atoms with E-state index in [2.05, 4.69) is 36.0 Å². The number of ether oxygens (including phenoxy) is 1. The zero-order valence-electron chi connectivity index (χ0n) is 15.0. The number of nitrogens with zero attached hydrogens (tertiary/aromatic N) is 2. The van der Waals surface area contributed by atoms with Crippen LogP contribution in [0.2, 0.25) is 0 Å². The minimum absolute atomic E-state index is 0.0379. The average molecular weight is 331 g/mol. The summed E-state index contributed by atoms with van der Waals surface area (Å²) in [5.41, 5.74) is 0.470. The molecule has 2 aliphatic rings. The average Bonchev–Trinajstić information content (AvgIpc) is 2.55. The van der Waals surface area contributed by atoms with Crippen molar-refractivity contribution in [1.29, 1.82) is 0 Å². The predicted molar refractivity (Wildman–Crippen MR) is 95.4 cm³/mol. The molecule has 132 valence electrons. The molecule has 0 bridgehead atoms. The maximum absolute atomic E-state index is 12.4. The van der Waals surface area contributed by atoms with E-state index in [0.29, 0.717) is 12.2 Å². The lowest BCUT2D eigenvalue weighted by molar-refractivity contribution is -0.0615. The lowest BCUT2D eigenvalue weighted by atomic mass is 9.94. The molecule has 1 amide bonds. The van der Waals surface area contributed by atoms with Gasteiger partial charge in [-0.25, -0.2) is 4.98 Å². The molecular weight excluding hydrogens is 302 g/mol. The van der Waals surface area contributed by atoms with Crippen molar-refractivity contribution < 1.29 is 9.53 Å². The zero-order chi connectivity index (χ0) is 17.2. The van der Waals surface area contributed by atoms with Gasteiger partial charge in [-0.2, -0.15) is 0 Å². The van der Waals surface area contributed by atoms with E-state index in [1.807, 2.05) is 12.1 Å². The number of aromatic nitrogens is 1. The Balaban J connectivity index is 1.58. The number of nitrogens with one attached hydrogen (secondary N) is 1. The molecular formula is C19H29N3O2. The van der Waals surface area contributed by atoms with Gasteiger partial charge in [0.05, 0.1) is 11.2 Å². The number of carbonyl (C=O) groups is 1. The number of amides is 1. The molecule has 3 rings (SSSR count). The molecule has 1 atom stereocenters. The van der Waals surface area contributed by atoms with Crippen molar-refractivity contribution in [3.8, 4) is 0 Å². The lowest BCUT2D eigenvalue weighted by Crippen LogP contribution is -2.45. The highest BCUT2D eigenvalue weighted by Crippen LogP contribution is 2.24. The Morgan fingerprint density at radius 1 is 1.29 bits per heavy atom. The third kappa shape index (κ3) is 4.26. The Labute approximate surface area is 144 Å². The summed E-state index contributed by atoms with van der Waals surface area (Å²) >= 11 is 0. The minimum atomic E-state index is -0.163. The second-order valence-electron chi connectivity index (χ2n) is 7.85. The van der Waals surface area contributed by atoms with Gasteiger partial charge in [0.25, 0.3) is 5.91 Å². The van der Waals surface area contributed by atoms with Gasteiger partial charge in [0.2, 0.25) is 0 Å². The van der Waals surface area contributed by atoms with E-state index in [4.69, 9.17) is 4.74 Å². The van der Waals surface area contributed by atoms with Crippen LogP contribution in [0.25, 0.3) is 0 Å². The van der Waals surface area contributed by atoms with Crippen LogP contribution in [0.3, 0.4) is 0 Å². The number of anilines is 1. The number of pyridine rings is 1. The predicted octanol–water partition coefficient (Wildman–Crippen LogP) is 3.01. The number of hydrogen-bond acceptors (Lipinski definition) is 4. The van der Waals surface area contributed by atoms with Crippen LogP contribution < -0.4 is 10.2 Å². The van der Waals surface area contributed by atoms with Gasteiger partial charge >= 0.3 is 0 Å². The van der Waals surface area contributed by atoms with E-state index < -0.39 is 0 Å². The lowest BCUT2D eigenvalue weighted by Gasteiger charge is -2.35. The van der Waals surface area contributed by atoms with Crippen molar-refractivity contribution in [3.63, 3.8) is 0 Å². The highest BCUT2D eigenvalue weighted by atomic mass is 16.5. The molecule has 1 unspecified atom stereocenters. The smallest absolute Gasteiger partial charge is 0.253 e. The van der Waals surface area contributed by atoms with Gasteiger partial charge in [-0.1, -0.05) is 6.92 Å². The summed E-state index contributed by atoms with van der Waals surface area (Å²) in [7, 11) is 0. The van der Waals surface area contributed by atoms with Gasteiger partial charge in [-0.3, -0.25) is 4.79 Å². The summed E-state index contributed by atoms with van der Waals surface area (Å²) in [4.78, 5) is 19.3. The maximum atomic E-state index is 12.4. The Kier molecular flexibility index (Phi) is 5.09. The number of piperidine rings is 1. The molecule has 0 radical (unpaired) electrons. The summed E-state index contributed by atoms with van der Waals surface area (Å²) in [5, 5.41) is 3.12. The number of carbonyl (C=O) groups excluding carboxylic acids is 1. The first-order valence-electron chi connectivity index (χ1n) is 9.09. The van der Waals surface area contributed by atoms with Crippen molar-refractivity contribution in [1.82, 2.24) is 10.3 Å². The summed E-state index contributed by atoms with van der Waals surface area (Å²) in [6.07, 6.45) is 5.84. The van der Waals surface area contributed by atoms with Gasteiger partial charge in [0.1, 0.15) is 5.82 Å². The van der Waals surface area contributed by atoms with Crippen molar-refractivity contribution in [2.45, 2.75) is 58.1 Å². The van der Waals surface area contributed by atoms with Gasteiger partial charge in [0, 0.05) is 31.9 Å². The van der Waals surface area contributed by atoms with Crippen LogP contribution in [0.5, 0.6) is 0 Å². The second kappa shape index (κ2) is 7.09. The van der Waals surface area contributed by atoms with Crippen LogP contribution in [0.1, 0.15) is 56.8 Å². The Bertz CT molecular complexity index is 562. The topological polar surface area (TPSA) is 54.5 Å². The van der Waals surface area contributed by atoms with Crippen LogP contribution in [0, 0.1) is 5.92 Å². The third-order valence-electron chi connectivity index (χ3n) is 5.15. The molecule has 3 heterocycles. The van der Waals surface area contributed by atoms with E-state index >= 15 is 0 Å². The van der Waals surface area contributed by atoms with E-state index in [9.17, 15) is 4.79 Å². The van der Waals surface area contributed by atoms with Crippen LogP contribution >= 0.6 is 0 Å². The second-order valence-corrected chi connectivity index (χ2v) is 7.85. The van der Waals surface area contributed by atoms with Gasteiger partial charge in [0.15, 0.2) is 0 Å². The number of rotatable bonds is 3. The highest BCUT2D eigenvalue weighted by molar-refractivity contribution is 5.94. The first kappa shape index (κ1) is 17.2. The molecule has 0 aliphatic carbocycles. The fourth-order valence-corrected chi connectivity index (χ4v) is 3.57. The first-order chi connectivity index (χ1) is 11.4. The van der Waals surface area contributed by atoms with Crippen molar-refractivity contribution in [2.24, 2.45) is 5.92 Å². The Morgan fingerprint density at radius 3 is 2.67 bits per heavy atom. The van der Waals surface area contributed by atoms with Crippen LogP contribution in [0.4, 0.5) is 5.82 Å². The van der Waals surface area contributed by atoms with Gasteiger partial charge < -0.3 is 15.0 Å². The molecule has 2 fully saturated rings. The summed E-state index contributed by atoms with van der Waals surface area (Å²) in [6, 6.07) is 4.03. The van der Waals surface area contributed by atoms with Gasteiger partial charge in [-0.05, 0) is 57.6 Å². The van der Waals surface area contributed by atoms with Crippen LogP contribution in [-0.4, -0.2) is 42.2 Å². The van der Waals surface area contributed by atoms with E-state index in [-0.39, 0.29) is 17.6 Å². The SMILES string of the molecule is CC1CCN(c2ccc(C(=O)NC3CCOC(C)(C)C3)cn2)CC1. The molecule has 1 aromatic heterocycles. The normalized spacial score (nSPS) is 24.6. The fourth-order valence-electron chi connectivity index (χ4n) is 3.57. The molecule has 1 N–H and O–H groups in total. The quantitative estimate of drug-likeness (QED) is 0.925.